The van der Waals surface area contributed by atoms with E-state index < -0.39 is 0 Å². The molecule has 14 heavy (non-hydrogen) atoms. The van der Waals surface area contributed by atoms with Gasteiger partial charge in [0.25, 0.3) is 0 Å². The topological polar surface area (TPSA) is 26.3 Å². The van der Waals surface area contributed by atoms with Gasteiger partial charge in [0.1, 0.15) is 6.61 Å². The van der Waals surface area contributed by atoms with Crippen LogP contribution in [-0.4, -0.2) is 17.0 Å². The molecule has 0 heterocycles. The molecule has 0 fully saturated rings. The lowest BCUT2D eigenvalue weighted by atomic mass is 10.1. The van der Waals surface area contributed by atoms with Crippen LogP contribution in [0.5, 0.6) is 0 Å². The molecular formula is C11H13IO2. The molecule has 0 N–H and O–H groups in total. The molecule has 1 aromatic carbocycles. The monoisotopic (exact) mass is 304 g/mol. The summed E-state index contributed by atoms with van der Waals surface area (Å²) in [5.41, 5.74) is 2.80. The number of esters is 1. The summed E-state index contributed by atoms with van der Waals surface area (Å²) in [6.07, 6.45) is 0. The van der Waals surface area contributed by atoms with Crippen molar-refractivity contribution in [3.63, 3.8) is 0 Å². The molecule has 1 aromatic rings. The molecule has 0 bridgehead atoms. The Morgan fingerprint density at radius 1 is 1.43 bits per heavy atom. The molecule has 2 nitrogen and oxygen atoms in total. The molecule has 0 unspecified atom stereocenters. The van der Waals surface area contributed by atoms with E-state index in [1.165, 1.54) is 0 Å². The van der Waals surface area contributed by atoms with E-state index in [9.17, 15) is 4.79 Å². The number of halogens is 1. The molecule has 0 aromatic heterocycles. The zero-order valence-electron chi connectivity index (χ0n) is 8.34. The van der Waals surface area contributed by atoms with Gasteiger partial charge in [-0.3, -0.25) is 0 Å². The highest BCUT2D eigenvalue weighted by Crippen LogP contribution is 2.11. The van der Waals surface area contributed by atoms with Crippen LogP contribution in [-0.2, 0) is 4.74 Å². The average molecular weight is 304 g/mol. The first kappa shape index (κ1) is 11.5. The van der Waals surface area contributed by atoms with Crippen LogP contribution in [0.25, 0.3) is 0 Å². The molecule has 0 aliphatic rings. The quantitative estimate of drug-likeness (QED) is 0.487. The lowest BCUT2D eigenvalue weighted by molar-refractivity contribution is 0.0532. The molecule has 0 aliphatic carbocycles. The van der Waals surface area contributed by atoms with Gasteiger partial charge < -0.3 is 4.74 Å². The van der Waals surface area contributed by atoms with Crippen LogP contribution in [0.4, 0.5) is 0 Å². The van der Waals surface area contributed by atoms with Crippen molar-refractivity contribution in [3.8, 4) is 0 Å². The minimum Gasteiger partial charge on any atom is -0.461 e. The summed E-state index contributed by atoms with van der Waals surface area (Å²) in [6, 6.07) is 5.73. The number of aryl methyl sites for hydroxylation is 2. The molecule has 0 radical (unpaired) electrons. The third-order valence-electron chi connectivity index (χ3n) is 1.91. The maximum atomic E-state index is 11.5. The van der Waals surface area contributed by atoms with Crippen LogP contribution in [0.15, 0.2) is 18.2 Å². The zero-order valence-corrected chi connectivity index (χ0v) is 10.5. The maximum absolute atomic E-state index is 11.5. The number of hydrogen-bond acceptors (Lipinski definition) is 2. The fraction of sp³-hybridized carbons (Fsp3) is 0.364. The Hall–Kier alpha value is -0.580. The highest BCUT2D eigenvalue weighted by Gasteiger charge is 2.09. The minimum absolute atomic E-state index is 0.223. The lowest BCUT2D eigenvalue weighted by Gasteiger charge is -2.06. The number of rotatable bonds is 3. The van der Waals surface area contributed by atoms with Crippen molar-refractivity contribution in [3.05, 3.63) is 34.9 Å². The fourth-order valence-electron chi connectivity index (χ4n) is 1.25. The Bertz CT molecular complexity index is 334. The van der Waals surface area contributed by atoms with E-state index in [4.69, 9.17) is 4.74 Å². The van der Waals surface area contributed by atoms with Gasteiger partial charge in [0.05, 0.1) is 5.56 Å². The minimum atomic E-state index is -0.223. The highest BCUT2D eigenvalue weighted by molar-refractivity contribution is 14.1. The van der Waals surface area contributed by atoms with Crippen molar-refractivity contribution in [1.82, 2.24) is 0 Å². The highest BCUT2D eigenvalue weighted by atomic mass is 127. The molecule has 0 saturated heterocycles. The van der Waals surface area contributed by atoms with Crippen LogP contribution >= 0.6 is 22.6 Å². The van der Waals surface area contributed by atoms with Gasteiger partial charge in [0, 0.05) is 4.43 Å². The summed E-state index contributed by atoms with van der Waals surface area (Å²) in [5.74, 6) is -0.223. The number of ether oxygens (including phenoxy) is 1. The maximum Gasteiger partial charge on any atom is 0.338 e. The van der Waals surface area contributed by atoms with Gasteiger partial charge in [0.15, 0.2) is 0 Å². The lowest BCUT2D eigenvalue weighted by Crippen LogP contribution is -2.08. The Balaban J connectivity index is 2.80. The molecule has 0 aliphatic heterocycles. The van der Waals surface area contributed by atoms with Crippen molar-refractivity contribution in [2.45, 2.75) is 13.8 Å². The predicted octanol–water partition coefficient (Wildman–Crippen LogP) is 2.90. The summed E-state index contributed by atoms with van der Waals surface area (Å²) in [4.78, 5) is 11.5. The molecule has 0 amide bonds. The van der Waals surface area contributed by atoms with Gasteiger partial charge >= 0.3 is 5.97 Å². The molecule has 76 valence electrons. The summed E-state index contributed by atoms with van der Waals surface area (Å²) in [7, 11) is 0. The van der Waals surface area contributed by atoms with Crippen molar-refractivity contribution >= 4 is 28.6 Å². The van der Waals surface area contributed by atoms with Crippen LogP contribution < -0.4 is 0 Å². The van der Waals surface area contributed by atoms with Crippen LogP contribution in [0.3, 0.4) is 0 Å². The zero-order chi connectivity index (χ0) is 10.6. The summed E-state index contributed by atoms with van der Waals surface area (Å²) in [6.45, 7) is 4.41. The Labute approximate surface area is 97.8 Å². The molecular weight excluding hydrogens is 291 g/mol. The van der Waals surface area contributed by atoms with Gasteiger partial charge in [-0.05, 0) is 25.5 Å². The van der Waals surface area contributed by atoms with Crippen molar-refractivity contribution in [2.75, 3.05) is 11.0 Å². The molecule has 3 heteroatoms. The van der Waals surface area contributed by atoms with E-state index in [0.29, 0.717) is 12.2 Å². The molecule has 0 atom stereocenters. The largest absolute Gasteiger partial charge is 0.461 e. The van der Waals surface area contributed by atoms with Crippen molar-refractivity contribution in [1.29, 1.82) is 0 Å². The van der Waals surface area contributed by atoms with Gasteiger partial charge in [-0.15, -0.1) is 0 Å². The Kier molecular flexibility index (Phi) is 4.38. The van der Waals surface area contributed by atoms with Crippen molar-refractivity contribution in [2.24, 2.45) is 0 Å². The van der Waals surface area contributed by atoms with Crippen LogP contribution in [0.2, 0.25) is 0 Å². The van der Waals surface area contributed by atoms with Gasteiger partial charge in [0.2, 0.25) is 0 Å². The average Bonchev–Trinajstić information content (AvgIpc) is 2.14. The molecule has 0 spiro atoms. The van der Waals surface area contributed by atoms with Gasteiger partial charge in [-0.25, -0.2) is 4.79 Å². The second-order valence-corrected chi connectivity index (χ2v) is 4.22. The molecule has 1 rings (SSSR count). The predicted molar refractivity (Wildman–Crippen MR) is 65.1 cm³/mol. The fourth-order valence-corrected chi connectivity index (χ4v) is 1.47. The third kappa shape index (κ3) is 2.97. The van der Waals surface area contributed by atoms with Crippen LogP contribution in [0.1, 0.15) is 21.5 Å². The first-order valence-electron chi connectivity index (χ1n) is 4.45. The van der Waals surface area contributed by atoms with E-state index in [0.717, 1.165) is 15.6 Å². The summed E-state index contributed by atoms with van der Waals surface area (Å²) < 4.78 is 5.88. The Morgan fingerprint density at radius 2 is 2.14 bits per heavy atom. The second-order valence-electron chi connectivity index (χ2n) is 3.14. The van der Waals surface area contributed by atoms with E-state index in [1.807, 2.05) is 32.0 Å². The first-order chi connectivity index (χ1) is 6.65. The van der Waals surface area contributed by atoms with Crippen LogP contribution in [0, 0.1) is 13.8 Å². The summed E-state index contributed by atoms with van der Waals surface area (Å²) in [5, 5.41) is 0. The Morgan fingerprint density at radius 3 is 2.71 bits per heavy atom. The number of carbonyl (C=O) groups is 1. The number of carbonyl (C=O) groups excluding carboxylic acids is 1. The van der Waals surface area contributed by atoms with E-state index in [-0.39, 0.29) is 5.97 Å². The van der Waals surface area contributed by atoms with E-state index in [1.54, 1.807) is 0 Å². The van der Waals surface area contributed by atoms with E-state index in [2.05, 4.69) is 22.6 Å². The summed E-state index contributed by atoms with van der Waals surface area (Å²) >= 11 is 2.18. The third-order valence-corrected chi connectivity index (χ3v) is 2.35. The van der Waals surface area contributed by atoms with Gasteiger partial charge in [-0.1, -0.05) is 40.3 Å². The SMILES string of the molecule is Cc1ccc(C(=O)OCCI)c(C)c1. The molecule has 0 saturated carbocycles. The number of benzene rings is 1. The number of alkyl halides is 1. The standard InChI is InChI=1S/C11H13IO2/c1-8-3-4-10(9(2)7-8)11(13)14-6-5-12/h3-4,7H,5-6H2,1-2H3. The van der Waals surface area contributed by atoms with Gasteiger partial charge in [-0.2, -0.15) is 0 Å². The van der Waals surface area contributed by atoms with Crippen molar-refractivity contribution < 1.29 is 9.53 Å². The second kappa shape index (κ2) is 5.34. The number of hydrogen-bond donors (Lipinski definition) is 0. The first-order valence-corrected chi connectivity index (χ1v) is 5.98. The normalized spacial score (nSPS) is 9.93. The van der Waals surface area contributed by atoms with E-state index >= 15 is 0 Å². The smallest absolute Gasteiger partial charge is 0.338 e.